The van der Waals surface area contributed by atoms with E-state index in [4.69, 9.17) is 15.2 Å². The molecule has 32 heavy (non-hydrogen) atoms. The molecule has 0 radical (unpaired) electrons. The predicted molar refractivity (Wildman–Crippen MR) is 121 cm³/mol. The van der Waals surface area contributed by atoms with Crippen molar-refractivity contribution in [1.82, 2.24) is 14.0 Å². The quantitative estimate of drug-likeness (QED) is 0.679. The lowest BCUT2D eigenvalue weighted by atomic mass is 10.0. The van der Waals surface area contributed by atoms with Crippen LogP contribution in [0.4, 0.5) is 5.82 Å². The number of hydrogen-bond acceptors (Lipinski definition) is 7. The van der Waals surface area contributed by atoms with Crippen LogP contribution in [-0.4, -0.2) is 46.1 Å². The minimum Gasteiger partial charge on any atom is -0.490 e. The molecule has 9 heteroatoms. The van der Waals surface area contributed by atoms with Gasteiger partial charge in [-0.3, -0.25) is 23.6 Å². The van der Waals surface area contributed by atoms with Crippen LogP contribution in [0.1, 0.15) is 54.6 Å². The van der Waals surface area contributed by atoms with Crippen molar-refractivity contribution in [2.75, 3.05) is 32.0 Å². The third-order valence-corrected chi connectivity index (χ3v) is 6.18. The molecule has 0 aliphatic carbocycles. The first-order valence-electron chi connectivity index (χ1n) is 11.2. The standard InChI is InChI=1S/C23H30N4O5/c1-3-9-27-21(24)20(22(29)25(2)23(27)30)17(28)14-26-10-4-6-16(26)15-7-8-18-19(13-15)32-12-5-11-31-18/h7-8,13,16H,3-6,9-12,14,24H2,1-2H3/t16-/m1/s1. The molecule has 1 aromatic heterocycles. The largest absolute Gasteiger partial charge is 0.490 e. The van der Waals surface area contributed by atoms with E-state index in [-0.39, 0.29) is 29.8 Å². The van der Waals surface area contributed by atoms with E-state index in [1.165, 1.54) is 11.6 Å². The number of benzene rings is 1. The summed E-state index contributed by atoms with van der Waals surface area (Å²) in [5.74, 6) is 1.05. The Hall–Kier alpha value is -3.07. The van der Waals surface area contributed by atoms with Gasteiger partial charge in [0.05, 0.1) is 19.8 Å². The van der Waals surface area contributed by atoms with E-state index in [1.807, 2.05) is 25.1 Å². The fourth-order valence-corrected chi connectivity index (χ4v) is 4.53. The molecule has 2 aromatic rings. The van der Waals surface area contributed by atoms with Crippen molar-refractivity contribution in [3.8, 4) is 11.5 Å². The minimum absolute atomic E-state index is 0.0303. The summed E-state index contributed by atoms with van der Waals surface area (Å²) in [6.07, 6.45) is 3.34. The second-order valence-corrected chi connectivity index (χ2v) is 8.37. The van der Waals surface area contributed by atoms with E-state index < -0.39 is 11.2 Å². The van der Waals surface area contributed by atoms with Crippen molar-refractivity contribution in [2.45, 2.75) is 45.2 Å². The molecule has 0 unspecified atom stereocenters. The number of carbonyl (C=O) groups excluding carboxylic acids is 1. The average Bonchev–Trinajstić information content (AvgIpc) is 3.10. The van der Waals surface area contributed by atoms with Gasteiger partial charge in [-0.15, -0.1) is 0 Å². The first-order valence-corrected chi connectivity index (χ1v) is 11.2. The number of ether oxygens (including phenoxy) is 2. The number of likely N-dealkylation sites (tertiary alicyclic amines) is 1. The Morgan fingerprint density at radius 1 is 1.16 bits per heavy atom. The van der Waals surface area contributed by atoms with Crippen LogP contribution in [0.15, 0.2) is 27.8 Å². The highest BCUT2D eigenvalue weighted by atomic mass is 16.5. The molecule has 4 rings (SSSR count). The van der Waals surface area contributed by atoms with Gasteiger partial charge in [-0.1, -0.05) is 13.0 Å². The molecule has 2 N–H and O–H groups in total. The Labute approximate surface area is 186 Å². The smallest absolute Gasteiger partial charge is 0.332 e. The van der Waals surface area contributed by atoms with Crippen LogP contribution in [0, 0.1) is 0 Å². The molecule has 0 spiro atoms. The van der Waals surface area contributed by atoms with Gasteiger partial charge >= 0.3 is 5.69 Å². The monoisotopic (exact) mass is 442 g/mol. The van der Waals surface area contributed by atoms with E-state index in [0.29, 0.717) is 26.2 Å². The SMILES string of the molecule is CCCn1c(N)c(C(=O)CN2CCC[C@@H]2c2ccc3c(c2)OCCCO3)c(=O)n(C)c1=O. The molecular formula is C23H30N4O5. The minimum atomic E-state index is -0.642. The van der Waals surface area contributed by atoms with Crippen molar-refractivity contribution in [3.05, 3.63) is 50.2 Å². The van der Waals surface area contributed by atoms with Gasteiger partial charge in [-0.25, -0.2) is 4.79 Å². The molecule has 1 fully saturated rings. The van der Waals surface area contributed by atoms with E-state index in [9.17, 15) is 14.4 Å². The lowest BCUT2D eigenvalue weighted by Gasteiger charge is -2.25. The van der Waals surface area contributed by atoms with Crippen molar-refractivity contribution in [2.24, 2.45) is 7.05 Å². The molecule has 1 atom stereocenters. The van der Waals surface area contributed by atoms with E-state index in [0.717, 1.165) is 47.4 Å². The lowest BCUT2D eigenvalue weighted by Crippen LogP contribution is -2.44. The third-order valence-electron chi connectivity index (χ3n) is 6.18. The average molecular weight is 443 g/mol. The predicted octanol–water partition coefficient (Wildman–Crippen LogP) is 1.72. The number of nitrogen functional groups attached to an aromatic ring is 1. The molecular weight excluding hydrogens is 412 g/mol. The van der Waals surface area contributed by atoms with E-state index >= 15 is 0 Å². The summed E-state index contributed by atoms with van der Waals surface area (Å²) in [6, 6.07) is 5.95. The first kappa shape index (κ1) is 22.1. The van der Waals surface area contributed by atoms with Crippen molar-refractivity contribution in [3.63, 3.8) is 0 Å². The highest BCUT2D eigenvalue weighted by molar-refractivity contribution is 6.01. The molecule has 1 saturated heterocycles. The number of aromatic nitrogens is 2. The Balaban J connectivity index is 1.61. The molecule has 0 saturated carbocycles. The number of ketones is 1. The first-order chi connectivity index (χ1) is 15.4. The van der Waals surface area contributed by atoms with Crippen LogP contribution >= 0.6 is 0 Å². The summed E-state index contributed by atoms with van der Waals surface area (Å²) in [7, 11) is 1.38. The van der Waals surface area contributed by atoms with Crippen LogP contribution in [-0.2, 0) is 13.6 Å². The lowest BCUT2D eigenvalue weighted by molar-refractivity contribution is 0.0919. The Morgan fingerprint density at radius 3 is 2.66 bits per heavy atom. The number of hydrogen-bond donors (Lipinski definition) is 1. The van der Waals surface area contributed by atoms with Gasteiger partial charge in [0.25, 0.3) is 5.56 Å². The molecule has 2 aliphatic heterocycles. The fourth-order valence-electron chi connectivity index (χ4n) is 4.53. The Kier molecular flexibility index (Phi) is 6.36. The van der Waals surface area contributed by atoms with Crippen LogP contribution in [0.25, 0.3) is 0 Å². The van der Waals surface area contributed by atoms with Gasteiger partial charge in [-0.05, 0) is 43.5 Å². The van der Waals surface area contributed by atoms with Crippen LogP contribution < -0.4 is 26.5 Å². The molecule has 0 amide bonds. The normalized spacial score (nSPS) is 18.5. The van der Waals surface area contributed by atoms with Crippen LogP contribution in [0.5, 0.6) is 11.5 Å². The van der Waals surface area contributed by atoms with Crippen molar-refractivity contribution >= 4 is 11.6 Å². The summed E-state index contributed by atoms with van der Waals surface area (Å²) < 4.78 is 13.8. The Morgan fingerprint density at radius 2 is 1.91 bits per heavy atom. The van der Waals surface area contributed by atoms with Crippen LogP contribution in [0.3, 0.4) is 0 Å². The maximum atomic E-state index is 13.2. The number of nitrogens with two attached hydrogens (primary N) is 1. The number of carbonyl (C=O) groups is 1. The summed E-state index contributed by atoms with van der Waals surface area (Å²) in [5.41, 5.74) is 5.93. The summed E-state index contributed by atoms with van der Waals surface area (Å²) in [5, 5.41) is 0. The van der Waals surface area contributed by atoms with Gasteiger partial charge in [-0.2, -0.15) is 0 Å². The highest BCUT2D eigenvalue weighted by Crippen LogP contribution is 2.37. The molecule has 0 bridgehead atoms. The van der Waals surface area contributed by atoms with Gasteiger partial charge in [0.1, 0.15) is 11.4 Å². The third kappa shape index (κ3) is 4.04. The second-order valence-electron chi connectivity index (χ2n) is 8.37. The van der Waals surface area contributed by atoms with Gasteiger partial charge < -0.3 is 15.2 Å². The van der Waals surface area contributed by atoms with Crippen LogP contribution in [0.2, 0.25) is 0 Å². The fraction of sp³-hybridized carbons (Fsp3) is 0.522. The summed E-state index contributed by atoms with van der Waals surface area (Å²) >= 11 is 0. The molecule has 1 aromatic carbocycles. The zero-order valence-electron chi connectivity index (χ0n) is 18.6. The van der Waals surface area contributed by atoms with Gasteiger partial charge in [0, 0.05) is 26.1 Å². The molecule has 3 heterocycles. The topological polar surface area (TPSA) is 109 Å². The molecule has 2 aliphatic rings. The summed E-state index contributed by atoms with van der Waals surface area (Å²) in [4.78, 5) is 40.4. The number of anilines is 1. The van der Waals surface area contributed by atoms with Crippen molar-refractivity contribution in [1.29, 1.82) is 0 Å². The number of fused-ring (bicyclic) bond motifs is 1. The van der Waals surface area contributed by atoms with E-state index in [1.54, 1.807) is 0 Å². The van der Waals surface area contributed by atoms with Crippen molar-refractivity contribution < 1.29 is 14.3 Å². The zero-order valence-corrected chi connectivity index (χ0v) is 18.6. The van der Waals surface area contributed by atoms with E-state index in [2.05, 4.69) is 4.90 Å². The highest BCUT2D eigenvalue weighted by Gasteiger charge is 2.31. The number of nitrogens with zero attached hydrogens (tertiary/aromatic N) is 3. The second kappa shape index (κ2) is 9.20. The zero-order chi connectivity index (χ0) is 22.8. The number of Topliss-reactive ketones (excluding diaryl/α,β-unsaturated/α-hetero) is 1. The maximum absolute atomic E-state index is 13.2. The van der Waals surface area contributed by atoms with Gasteiger partial charge in [0.2, 0.25) is 0 Å². The van der Waals surface area contributed by atoms with Gasteiger partial charge in [0.15, 0.2) is 17.3 Å². The maximum Gasteiger partial charge on any atom is 0.332 e. The summed E-state index contributed by atoms with van der Waals surface area (Å²) in [6.45, 7) is 4.29. The Bertz CT molecular complexity index is 1140. The number of rotatable bonds is 6. The molecule has 9 nitrogen and oxygen atoms in total. The molecule has 172 valence electrons.